The molecule has 8 nitrogen and oxygen atoms in total. The first-order chi connectivity index (χ1) is 16.3. The molecule has 3 fully saturated rings. The minimum absolute atomic E-state index is 0.119. The quantitative estimate of drug-likeness (QED) is 0.315. The SMILES string of the molecule is C=C1CC[C@H]2[C@]3(C)C[C@H](OC(C)=O)C[C@@](C)(COC(C)=O)[C@H]3CC[C@]2(C)[C@H]1C(=O)OC(CO)CO. The summed E-state index contributed by atoms with van der Waals surface area (Å²) in [6.07, 6.45) is 3.16. The van der Waals surface area contributed by atoms with Gasteiger partial charge >= 0.3 is 17.9 Å². The highest BCUT2D eigenvalue weighted by Gasteiger charge is 2.65. The summed E-state index contributed by atoms with van der Waals surface area (Å²) < 4.78 is 16.8. The molecule has 3 rings (SSSR count). The molecule has 0 spiro atoms. The van der Waals surface area contributed by atoms with E-state index in [0.717, 1.165) is 24.8 Å². The lowest BCUT2D eigenvalue weighted by molar-refractivity contribution is -0.209. The third kappa shape index (κ3) is 5.15. The van der Waals surface area contributed by atoms with Gasteiger partial charge in [0.1, 0.15) is 12.2 Å². The molecule has 7 atom stereocenters. The fourth-order valence-electron chi connectivity index (χ4n) is 8.10. The second-order valence-corrected chi connectivity index (χ2v) is 11.8. The second kappa shape index (κ2) is 10.2. The van der Waals surface area contributed by atoms with E-state index in [0.29, 0.717) is 19.3 Å². The lowest BCUT2D eigenvalue weighted by atomic mass is 9.39. The van der Waals surface area contributed by atoms with Gasteiger partial charge in [0.15, 0.2) is 0 Å². The Labute approximate surface area is 208 Å². The smallest absolute Gasteiger partial charge is 0.314 e. The third-order valence-corrected chi connectivity index (χ3v) is 9.25. The number of hydrogen-bond acceptors (Lipinski definition) is 8. The van der Waals surface area contributed by atoms with E-state index in [1.807, 2.05) is 0 Å². The normalized spacial score (nSPS) is 38.8. The Bertz CT molecular complexity index is 850. The van der Waals surface area contributed by atoms with Gasteiger partial charge in [-0.05, 0) is 61.2 Å². The molecule has 0 aliphatic heterocycles. The Morgan fingerprint density at radius 3 is 2.23 bits per heavy atom. The molecule has 0 aromatic carbocycles. The largest absolute Gasteiger partial charge is 0.465 e. The van der Waals surface area contributed by atoms with Gasteiger partial charge in [-0.25, -0.2) is 0 Å². The first kappa shape index (κ1) is 27.7. The van der Waals surface area contributed by atoms with Crippen LogP contribution < -0.4 is 0 Å². The van der Waals surface area contributed by atoms with E-state index in [4.69, 9.17) is 14.2 Å². The number of hydrogen-bond donors (Lipinski definition) is 2. The van der Waals surface area contributed by atoms with E-state index in [9.17, 15) is 24.6 Å². The third-order valence-electron chi connectivity index (χ3n) is 9.25. The van der Waals surface area contributed by atoms with E-state index in [2.05, 4.69) is 27.4 Å². The maximum Gasteiger partial charge on any atom is 0.314 e. The van der Waals surface area contributed by atoms with Crippen LogP contribution in [0.15, 0.2) is 12.2 Å². The van der Waals surface area contributed by atoms with E-state index in [1.54, 1.807) is 0 Å². The van der Waals surface area contributed by atoms with Gasteiger partial charge in [-0.15, -0.1) is 0 Å². The molecule has 0 radical (unpaired) electrons. The summed E-state index contributed by atoms with van der Waals surface area (Å²) >= 11 is 0. The average Bonchev–Trinajstić information content (AvgIpc) is 2.74. The molecule has 2 N–H and O–H groups in total. The lowest BCUT2D eigenvalue weighted by Crippen LogP contribution is -2.62. The molecule has 3 aliphatic rings. The van der Waals surface area contributed by atoms with Gasteiger partial charge in [-0.2, -0.15) is 0 Å². The zero-order chi connectivity index (χ0) is 26.2. The van der Waals surface area contributed by atoms with E-state index >= 15 is 0 Å². The molecule has 0 heterocycles. The number of aliphatic hydroxyl groups excluding tert-OH is 2. The molecule has 0 unspecified atom stereocenters. The zero-order valence-corrected chi connectivity index (χ0v) is 21.8. The van der Waals surface area contributed by atoms with Crippen LogP contribution in [0, 0.1) is 34.0 Å². The summed E-state index contributed by atoms with van der Waals surface area (Å²) in [6.45, 7) is 12.9. The summed E-state index contributed by atoms with van der Waals surface area (Å²) in [5.74, 6) is -1.33. The van der Waals surface area contributed by atoms with Gasteiger partial charge in [-0.1, -0.05) is 32.9 Å². The van der Waals surface area contributed by atoms with Gasteiger partial charge in [0.05, 0.1) is 25.7 Å². The van der Waals surface area contributed by atoms with Crippen molar-refractivity contribution >= 4 is 17.9 Å². The lowest BCUT2D eigenvalue weighted by Gasteiger charge is -2.66. The van der Waals surface area contributed by atoms with Crippen LogP contribution in [-0.2, 0) is 28.6 Å². The molecule has 198 valence electrons. The highest BCUT2D eigenvalue weighted by molar-refractivity contribution is 5.77. The van der Waals surface area contributed by atoms with Crippen molar-refractivity contribution in [3.05, 3.63) is 12.2 Å². The Morgan fingerprint density at radius 1 is 1.00 bits per heavy atom. The average molecular weight is 495 g/mol. The molecule has 0 bridgehead atoms. The summed E-state index contributed by atoms with van der Waals surface area (Å²) in [7, 11) is 0. The Balaban J connectivity index is 1.99. The van der Waals surface area contributed by atoms with Crippen LogP contribution in [0.4, 0.5) is 0 Å². The minimum Gasteiger partial charge on any atom is -0.465 e. The molecule has 8 heteroatoms. The van der Waals surface area contributed by atoms with Crippen LogP contribution in [-0.4, -0.2) is 60.1 Å². The van der Waals surface area contributed by atoms with Gasteiger partial charge < -0.3 is 24.4 Å². The van der Waals surface area contributed by atoms with Crippen LogP contribution in [0.1, 0.15) is 73.1 Å². The van der Waals surface area contributed by atoms with E-state index in [-0.39, 0.29) is 47.3 Å². The van der Waals surface area contributed by atoms with Crippen LogP contribution in [0.5, 0.6) is 0 Å². The van der Waals surface area contributed by atoms with Crippen LogP contribution in [0.2, 0.25) is 0 Å². The van der Waals surface area contributed by atoms with E-state index < -0.39 is 36.6 Å². The van der Waals surface area contributed by atoms with Crippen molar-refractivity contribution in [3.8, 4) is 0 Å². The van der Waals surface area contributed by atoms with Crippen molar-refractivity contribution in [2.45, 2.75) is 85.4 Å². The Morgan fingerprint density at radius 2 is 1.66 bits per heavy atom. The van der Waals surface area contributed by atoms with Gasteiger partial charge in [-0.3, -0.25) is 14.4 Å². The van der Waals surface area contributed by atoms with Crippen molar-refractivity contribution in [1.82, 2.24) is 0 Å². The standard InChI is InChI=1S/C27H42O8/c1-16-7-8-22-26(5,23(16)24(32)35-20(13-28)14-29)10-9-21-25(4,15-33-17(2)30)11-19(34-18(3)31)12-27(21,22)6/h19-23,28-29H,1,7-15H2,2-6H3/t19-,21-,22-,23-,25+,26+,27-/m1/s1. The minimum atomic E-state index is -0.957. The molecular formula is C27H42O8. The predicted molar refractivity (Wildman–Crippen MR) is 128 cm³/mol. The number of fused-ring (bicyclic) bond motifs is 3. The number of carbonyl (C=O) groups is 3. The van der Waals surface area contributed by atoms with Gasteiger partial charge in [0.25, 0.3) is 0 Å². The van der Waals surface area contributed by atoms with Crippen molar-refractivity contribution in [3.63, 3.8) is 0 Å². The Hall–Kier alpha value is -1.93. The number of esters is 3. The molecular weight excluding hydrogens is 452 g/mol. The topological polar surface area (TPSA) is 119 Å². The summed E-state index contributed by atoms with van der Waals surface area (Å²) in [5.41, 5.74) is -0.260. The summed E-state index contributed by atoms with van der Waals surface area (Å²) in [6, 6.07) is 0. The first-order valence-corrected chi connectivity index (χ1v) is 12.7. The molecule has 0 aromatic heterocycles. The van der Waals surface area contributed by atoms with Gasteiger partial charge in [0, 0.05) is 19.3 Å². The van der Waals surface area contributed by atoms with Crippen molar-refractivity contribution in [2.75, 3.05) is 19.8 Å². The maximum absolute atomic E-state index is 13.3. The van der Waals surface area contributed by atoms with Crippen LogP contribution in [0.25, 0.3) is 0 Å². The molecule has 0 amide bonds. The zero-order valence-electron chi connectivity index (χ0n) is 21.8. The predicted octanol–water partition coefficient (Wildman–Crippen LogP) is 3.18. The van der Waals surface area contributed by atoms with Crippen LogP contribution >= 0.6 is 0 Å². The summed E-state index contributed by atoms with van der Waals surface area (Å²) in [4.78, 5) is 37.0. The Kier molecular flexibility index (Phi) is 8.07. The number of rotatable bonds is 7. The fourth-order valence-corrected chi connectivity index (χ4v) is 8.10. The monoisotopic (exact) mass is 494 g/mol. The van der Waals surface area contributed by atoms with Crippen molar-refractivity contribution < 1.29 is 38.8 Å². The molecule has 35 heavy (non-hydrogen) atoms. The second-order valence-electron chi connectivity index (χ2n) is 11.8. The fraction of sp³-hybridized carbons (Fsp3) is 0.815. The van der Waals surface area contributed by atoms with Crippen molar-refractivity contribution in [2.24, 2.45) is 34.0 Å². The van der Waals surface area contributed by atoms with Crippen molar-refractivity contribution in [1.29, 1.82) is 0 Å². The number of carbonyl (C=O) groups excluding carboxylic acids is 3. The van der Waals surface area contributed by atoms with Gasteiger partial charge in [0.2, 0.25) is 0 Å². The van der Waals surface area contributed by atoms with E-state index in [1.165, 1.54) is 13.8 Å². The molecule has 0 aromatic rings. The number of aliphatic hydroxyl groups is 2. The highest BCUT2D eigenvalue weighted by atomic mass is 16.6. The molecule has 3 aliphatic carbocycles. The maximum atomic E-state index is 13.3. The molecule has 3 saturated carbocycles. The molecule has 0 saturated heterocycles. The summed E-state index contributed by atoms with van der Waals surface area (Å²) in [5, 5.41) is 18.9. The number of ether oxygens (including phenoxy) is 3. The van der Waals surface area contributed by atoms with Crippen LogP contribution in [0.3, 0.4) is 0 Å². The first-order valence-electron chi connectivity index (χ1n) is 12.7. The highest BCUT2D eigenvalue weighted by Crippen LogP contribution is 2.69.